The average molecular weight is 239 g/mol. The van der Waals surface area contributed by atoms with Gasteiger partial charge in [-0.3, -0.25) is 15.4 Å². The predicted octanol–water partition coefficient (Wildman–Crippen LogP) is 1.20. The SMILES string of the molecule is CNC(=O)NC(=S)c1ccccc1[N+](=O)[O-]. The maximum atomic E-state index is 11.0. The molecular weight excluding hydrogens is 230 g/mol. The van der Waals surface area contributed by atoms with Gasteiger partial charge in [0.2, 0.25) is 0 Å². The average Bonchev–Trinajstić information content (AvgIpc) is 2.28. The first kappa shape index (κ1) is 12.1. The van der Waals surface area contributed by atoms with Gasteiger partial charge in [0.15, 0.2) is 0 Å². The van der Waals surface area contributed by atoms with Crippen molar-refractivity contribution in [3.8, 4) is 0 Å². The van der Waals surface area contributed by atoms with Crippen molar-refractivity contribution in [3.63, 3.8) is 0 Å². The van der Waals surface area contributed by atoms with Crippen molar-refractivity contribution < 1.29 is 9.72 Å². The highest BCUT2D eigenvalue weighted by Crippen LogP contribution is 2.17. The summed E-state index contributed by atoms with van der Waals surface area (Å²) in [5.74, 6) is 0. The summed E-state index contributed by atoms with van der Waals surface area (Å²) in [6, 6.07) is 5.44. The number of carbonyl (C=O) groups is 1. The Kier molecular flexibility index (Phi) is 3.90. The lowest BCUT2D eigenvalue weighted by molar-refractivity contribution is -0.385. The van der Waals surface area contributed by atoms with Crippen LogP contribution < -0.4 is 10.6 Å². The van der Waals surface area contributed by atoms with Crippen molar-refractivity contribution in [2.24, 2.45) is 0 Å². The van der Waals surface area contributed by atoms with Crippen molar-refractivity contribution in [2.45, 2.75) is 0 Å². The number of benzene rings is 1. The van der Waals surface area contributed by atoms with Crippen molar-refractivity contribution in [3.05, 3.63) is 39.9 Å². The molecule has 0 radical (unpaired) electrons. The molecule has 0 fully saturated rings. The Morgan fingerprint density at radius 3 is 2.62 bits per heavy atom. The van der Waals surface area contributed by atoms with E-state index >= 15 is 0 Å². The monoisotopic (exact) mass is 239 g/mol. The van der Waals surface area contributed by atoms with E-state index in [9.17, 15) is 14.9 Å². The van der Waals surface area contributed by atoms with Crippen molar-refractivity contribution in [2.75, 3.05) is 7.05 Å². The Bertz CT molecular complexity index is 447. The van der Waals surface area contributed by atoms with E-state index in [-0.39, 0.29) is 16.2 Å². The second-order valence-corrected chi connectivity index (χ2v) is 3.22. The fourth-order valence-electron chi connectivity index (χ4n) is 1.06. The third-order valence-electron chi connectivity index (χ3n) is 1.80. The van der Waals surface area contributed by atoms with E-state index in [1.807, 2.05) is 0 Å². The summed E-state index contributed by atoms with van der Waals surface area (Å²) in [6.45, 7) is 0. The molecule has 0 spiro atoms. The molecule has 2 N–H and O–H groups in total. The molecule has 0 atom stereocenters. The number of nitro groups is 1. The molecule has 16 heavy (non-hydrogen) atoms. The zero-order chi connectivity index (χ0) is 12.1. The lowest BCUT2D eigenvalue weighted by atomic mass is 10.2. The molecule has 0 unspecified atom stereocenters. The topological polar surface area (TPSA) is 84.3 Å². The first-order valence-corrected chi connectivity index (χ1v) is 4.73. The van der Waals surface area contributed by atoms with Gasteiger partial charge in [0.1, 0.15) is 4.99 Å². The smallest absolute Gasteiger partial charge is 0.319 e. The number of nitrogens with zero attached hydrogens (tertiary/aromatic N) is 1. The van der Waals surface area contributed by atoms with E-state index in [2.05, 4.69) is 10.6 Å². The van der Waals surface area contributed by atoms with Gasteiger partial charge in [0, 0.05) is 13.1 Å². The van der Waals surface area contributed by atoms with Crippen LogP contribution in [0, 0.1) is 10.1 Å². The van der Waals surface area contributed by atoms with Gasteiger partial charge in [-0.25, -0.2) is 4.79 Å². The molecule has 0 saturated heterocycles. The second kappa shape index (κ2) is 5.17. The predicted molar refractivity (Wildman–Crippen MR) is 62.4 cm³/mol. The zero-order valence-electron chi connectivity index (χ0n) is 8.39. The third kappa shape index (κ3) is 2.74. The summed E-state index contributed by atoms with van der Waals surface area (Å²) in [4.78, 5) is 21.2. The summed E-state index contributed by atoms with van der Waals surface area (Å²) in [7, 11) is 1.43. The van der Waals surface area contributed by atoms with Gasteiger partial charge in [-0.1, -0.05) is 24.4 Å². The number of urea groups is 1. The normalized spacial score (nSPS) is 9.31. The van der Waals surface area contributed by atoms with Crippen LogP contribution in [0.2, 0.25) is 0 Å². The molecule has 84 valence electrons. The molecule has 0 bridgehead atoms. The highest BCUT2D eigenvalue weighted by atomic mass is 32.1. The van der Waals surface area contributed by atoms with Crippen LogP contribution in [0.1, 0.15) is 5.56 Å². The lowest BCUT2D eigenvalue weighted by Gasteiger charge is -2.06. The quantitative estimate of drug-likeness (QED) is 0.461. The molecule has 2 amide bonds. The largest absolute Gasteiger partial charge is 0.341 e. The van der Waals surface area contributed by atoms with E-state index < -0.39 is 11.0 Å². The number of hydrogen-bond donors (Lipinski definition) is 2. The van der Waals surface area contributed by atoms with Crippen LogP contribution in [0.4, 0.5) is 10.5 Å². The molecule has 0 aliphatic heterocycles. The molecule has 0 aromatic heterocycles. The fourth-order valence-corrected chi connectivity index (χ4v) is 1.32. The third-order valence-corrected chi connectivity index (χ3v) is 2.12. The van der Waals surface area contributed by atoms with Crippen molar-refractivity contribution in [1.29, 1.82) is 0 Å². The van der Waals surface area contributed by atoms with Crippen LogP contribution in [0.15, 0.2) is 24.3 Å². The first-order valence-electron chi connectivity index (χ1n) is 4.32. The van der Waals surface area contributed by atoms with Gasteiger partial charge in [0.25, 0.3) is 5.69 Å². The molecule has 0 heterocycles. The summed E-state index contributed by atoms with van der Waals surface area (Å²) < 4.78 is 0. The number of hydrogen-bond acceptors (Lipinski definition) is 4. The summed E-state index contributed by atoms with van der Waals surface area (Å²) in [5, 5.41) is 15.3. The maximum Gasteiger partial charge on any atom is 0.319 e. The molecule has 7 heteroatoms. The summed E-state index contributed by atoms with van der Waals surface area (Å²) >= 11 is 4.89. The van der Waals surface area contributed by atoms with Crippen molar-refractivity contribution >= 4 is 28.9 Å². The minimum atomic E-state index is -0.548. The molecule has 1 aromatic carbocycles. The van der Waals surface area contributed by atoms with Gasteiger partial charge in [0.05, 0.1) is 10.5 Å². The Morgan fingerprint density at radius 1 is 1.44 bits per heavy atom. The molecule has 0 aliphatic carbocycles. The van der Waals surface area contributed by atoms with E-state index in [1.54, 1.807) is 6.07 Å². The molecule has 6 nitrogen and oxygen atoms in total. The van der Waals surface area contributed by atoms with Gasteiger partial charge in [-0.15, -0.1) is 0 Å². The maximum absolute atomic E-state index is 11.0. The number of rotatable bonds is 2. The van der Waals surface area contributed by atoms with Crippen LogP contribution >= 0.6 is 12.2 Å². The molecular formula is C9H9N3O3S. The number of amides is 2. The second-order valence-electron chi connectivity index (χ2n) is 2.81. The van der Waals surface area contributed by atoms with Crippen LogP contribution in [-0.4, -0.2) is 23.0 Å². The highest BCUT2D eigenvalue weighted by molar-refractivity contribution is 7.80. The Labute approximate surface area is 96.8 Å². The zero-order valence-corrected chi connectivity index (χ0v) is 9.21. The standard InChI is InChI=1S/C9H9N3O3S/c1-10-9(13)11-8(16)6-4-2-3-5-7(6)12(14)15/h2-5H,1H3,(H2,10,11,13,16). The number of nitrogens with one attached hydrogen (secondary N) is 2. The number of thiocarbonyl (C=S) groups is 1. The van der Waals surface area contributed by atoms with Crippen LogP contribution in [0.5, 0.6) is 0 Å². The lowest BCUT2D eigenvalue weighted by Crippen LogP contribution is -2.37. The van der Waals surface area contributed by atoms with Gasteiger partial charge in [-0.05, 0) is 6.07 Å². The molecule has 1 rings (SSSR count). The first-order chi connectivity index (χ1) is 7.56. The molecule has 0 aliphatic rings. The van der Waals surface area contributed by atoms with Gasteiger partial charge < -0.3 is 5.32 Å². The Morgan fingerprint density at radius 2 is 2.06 bits per heavy atom. The Balaban J connectivity index is 2.99. The van der Waals surface area contributed by atoms with Gasteiger partial charge in [-0.2, -0.15) is 0 Å². The minimum Gasteiger partial charge on any atom is -0.341 e. The van der Waals surface area contributed by atoms with Crippen molar-refractivity contribution in [1.82, 2.24) is 10.6 Å². The Hall–Kier alpha value is -2.02. The number of carbonyl (C=O) groups excluding carboxylic acids is 1. The van der Waals surface area contributed by atoms with E-state index in [1.165, 1.54) is 25.2 Å². The van der Waals surface area contributed by atoms with E-state index in [0.29, 0.717) is 0 Å². The van der Waals surface area contributed by atoms with E-state index in [4.69, 9.17) is 12.2 Å². The molecule has 0 saturated carbocycles. The summed E-state index contributed by atoms with van der Waals surface area (Å²) in [5.41, 5.74) is 0.0787. The van der Waals surface area contributed by atoms with Crippen LogP contribution in [-0.2, 0) is 0 Å². The van der Waals surface area contributed by atoms with Gasteiger partial charge >= 0.3 is 6.03 Å². The van der Waals surface area contributed by atoms with E-state index in [0.717, 1.165) is 0 Å². The van der Waals surface area contributed by atoms with Crippen LogP contribution in [0.25, 0.3) is 0 Å². The van der Waals surface area contributed by atoms with Crippen LogP contribution in [0.3, 0.4) is 0 Å². The molecule has 1 aromatic rings. The fraction of sp³-hybridized carbons (Fsp3) is 0.111. The summed E-state index contributed by atoms with van der Waals surface area (Å²) in [6.07, 6.45) is 0. The highest BCUT2D eigenvalue weighted by Gasteiger charge is 2.17. The minimum absolute atomic E-state index is 0.0200. The number of nitro benzene ring substituents is 1. The number of para-hydroxylation sites is 1.